The van der Waals surface area contributed by atoms with Crippen LogP contribution in [0, 0.1) is 0 Å². The van der Waals surface area contributed by atoms with Gasteiger partial charge in [-0.15, -0.1) is 0 Å². The van der Waals surface area contributed by atoms with E-state index in [2.05, 4.69) is 0 Å². The summed E-state index contributed by atoms with van der Waals surface area (Å²) in [6.45, 7) is 1.85. The van der Waals surface area contributed by atoms with Crippen LogP contribution in [-0.2, 0) is 4.79 Å². The zero-order chi connectivity index (χ0) is 17.4. The molecular weight excluding hydrogens is 310 g/mol. The van der Waals surface area contributed by atoms with Crippen LogP contribution in [0.15, 0.2) is 78.9 Å². The summed E-state index contributed by atoms with van der Waals surface area (Å²) in [7, 11) is 0. The number of rotatable bonds is 2. The van der Waals surface area contributed by atoms with Crippen LogP contribution in [0.1, 0.15) is 28.8 Å². The number of amides is 2. The average molecular weight is 327 g/mol. The SMILES string of the molecule is CC1C(=O)N(c2ccccc2-c2ccccc2)C(=O)c2ccccc21. The van der Waals surface area contributed by atoms with Gasteiger partial charge in [-0.3, -0.25) is 9.59 Å². The van der Waals surface area contributed by atoms with E-state index in [9.17, 15) is 9.59 Å². The zero-order valence-corrected chi connectivity index (χ0v) is 13.8. The number of hydrogen-bond donors (Lipinski definition) is 0. The Balaban J connectivity index is 1.89. The minimum atomic E-state index is -0.349. The summed E-state index contributed by atoms with van der Waals surface area (Å²) >= 11 is 0. The molecular formula is C22H17NO2. The normalized spacial score (nSPS) is 16.7. The number of para-hydroxylation sites is 1. The van der Waals surface area contributed by atoms with E-state index in [4.69, 9.17) is 0 Å². The fourth-order valence-corrected chi connectivity index (χ4v) is 3.38. The third-order valence-corrected chi connectivity index (χ3v) is 4.68. The minimum absolute atomic E-state index is 0.188. The number of carbonyl (C=O) groups is 2. The molecule has 1 atom stereocenters. The molecule has 1 aliphatic rings. The summed E-state index contributed by atoms with van der Waals surface area (Å²) in [5, 5.41) is 0. The van der Waals surface area contributed by atoms with Crippen molar-refractivity contribution in [1.29, 1.82) is 0 Å². The van der Waals surface area contributed by atoms with Gasteiger partial charge in [0, 0.05) is 11.1 Å². The molecule has 0 N–H and O–H groups in total. The van der Waals surface area contributed by atoms with Gasteiger partial charge in [-0.25, -0.2) is 4.90 Å². The number of imide groups is 1. The lowest BCUT2D eigenvalue weighted by molar-refractivity contribution is -0.119. The molecule has 3 heteroatoms. The summed E-state index contributed by atoms with van der Waals surface area (Å²) in [5.41, 5.74) is 3.87. The maximum Gasteiger partial charge on any atom is 0.265 e. The van der Waals surface area contributed by atoms with E-state index >= 15 is 0 Å². The first-order valence-corrected chi connectivity index (χ1v) is 8.30. The molecule has 1 heterocycles. The number of carbonyl (C=O) groups excluding carboxylic acids is 2. The zero-order valence-electron chi connectivity index (χ0n) is 13.8. The van der Waals surface area contributed by atoms with Gasteiger partial charge in [-0.05, 0) is 30.2 Å². The largest absolute Gasteiger partial charge is 0.273 e. The van der Waals surface area contributed by atoms with Crippen molar-refractivity contribution in [2.75, 3.05) is 4.90 Å². The smallest absolute Gasteiger partial charge is 0.265 e. The van der Waals surface area contributed by atoms with Crippen molar-refractivity contribution in [3.05, 3.63) is 90.0 Å². The van der Waals surface area contributed by atoms with Crippen LogP contribution in [0.25, 0.3) is 11.1 Å². The van der Waals surface area contributed by atoms with Crippen molar-refractivity contribution in [2.45, 2.75) is 12.8 Å². The molecule has 0 saturated heterocycles. The maximum atomic E-state index is 13.1. The topological polar surface area (TPSA) is 37.4 Å². The molecule has 0 bridgehead atoms. The van der Waals surface area contributed by atoms with Crippen molar-refractivity contribution in [1.82, 2.24) is 0 Å². The Morgan fingerprint density at radius 2 is 1.32 bits per heavy atom. The predicted molar refractivity (Wildman–Crippen MR) is 98.6 cm³/mol. The van der Waals surface area contributed by atoms with Gasteiger partial charge in [0.15, 0.2) is 0 Å². The van der Waals surface area contributed by atoms with Crippen LogP contribution < -0.4 is 4.90 Å². The molecule has 3 aromatic carbocycles. The quantitative estimate of drug-likeness (QED) is 0.643. The number of benzene rings is 3. The van der Waals surface area contributed by atoms with Crippen molar-refractivity contribution < 1.29 is 9.59 Å². The molecule has 25 heavy (non-hydrogen) atoms. The minimum Gasteiger partial charge on any atom is -0.273 e. The number of nitrogens with zero attached hydrogens (tertiary/aromatic N) is 1. The highest BCUT2D eigenvalue weighted by Gasteiger charge is 2.37. The second-order valence-electron chi connectivity index (χ2n) is 6.17. The lowest BCUT2D eigenvalue weighted by atomic mass is 9.89. The lowest BCUT2D eigenvalue weighted by Crippen LogP contribution is -2.44. The van der Waals surface area contributed by atoms with E-state index in [0.29, 0.717) is 11.3 Å². The highest BCUT2D eigenvalue weighted by Crippen LogP contribution is 2.37. The van der Waals surface area contributed by atoms with E-state index in [-0.39, 0.29) is 17.7 Å². The van der Waals surface area contributed by atoms with Crippen LogP contribution in [0.2, 0.25) is 0 Å². The van der Waals surface area contributed by atoms with E-state index in [1.54, 1.807) is 6.07 Å². The van der Waals surface area contributed by atoms with Gasteiger partial charge in [0.1, 0.15) is 0 Å². The number of anilines is 1. The molecule has 0 spiro atoms. The molecule has 1 unspecified atom stereocenters. The Kier molecular flexibility index (Phi) is 3.69. The van der Waals surface area contributed by atoms with Gasteiger partial charge in [0.25, 0.3) is 5.91 Å². The Morgan fingerprint density at radius 1 is 0.720 bits per heavy atom. The second kappa shape index (κ2) is 6.02. The maximum absolute atomic E-state index is 13.1. The summed E-state index contributed by atoms with van der Waals surface area (Å²) in [6, 6.07) is 24.7. The fraction of sp³-hybridized carbons (Fsp3) is 0.0909. The van der Waals surface area contributed by atoms with Crippen LogP contribution in [0.5, 0.6) is 0 Å². The van der Waals surface area contributed by atoms with Crippen molar-refractivity contribution >= 4 is 17.5 Å². The second-order valence-corrected chi connectivity index (χ2v) is 6.17. The Hall–Kier alpha value is -3.20. The fourth-order valence-electron chi connectivity index (χ4n) is 3.38. The number of hydrogen-bond acceptors (Lipinski definition) is 2. The standard InChI is InChI=1S/C22H17NO2/c1-15-17-11-5-6-13-19(17)22(25)23(21(15)24)20-14-8-7-12-18(20)16-9-3-2-4-10-16/h2-15H,1H3. The van der Waals surface area contributed by atoms with Crippen LogP contribution in [0.3, 0.4) is 0 Å². The Labute approximate surface area is 146 Å². The van der Waals surface area contributed by atoms with Crippen molar-refractivity contribution in [2.24, 2.45) is 0 Å². The van der Waals surface area contributed by atoms with Gasteiger partial charge in [-0.1, -0.05) is 66.7 Å². The Morgan fingerprint density at radius 3 is 2.08 bits per heavy atom. The molecule has 2 amide bonds. The van der Waals surface area contributed by atoms with Gasteiger partial charge >= 0.3 is 0 Å². The van der Waals surface area contributed by atoms with Crippen molar-refractivity contribution in [3.8, 4) is 11.1 Å². The summed E-state index contributed by atoms with van der Waals surface area (Å²) in [4.78, 5) is 27.4. The van der Waals surface area contributed by atoms with E-state index in [0.717, 1.165) is 16.7 Å². The molecule has 4 rings (SSSR count). The molecule has 122 valence electrons. The third kappa shape index (κ3) is 2.45. The first-order valence-electron chi connectivity index (χ1n) is 8.30. The van der Waals surface area contributed by atoms with Crippen LogP contribution in [-0.4, -0.2) is 11.8 Å². The first-order chi connectivity index (χ1) is 12.2. The van der Waals surface area contributed by atoms with E-state index < -0.39 is 0 Å². The van der Waals surface area contributed by atoms with Gasteiger partial charge in [0.05, 0.1) is 11.6 Å². The van der Waals surface area contributed by atoms with Crippen LogP contribution >= 0.6 is 0 Å². The number of fused-ring (bicyclic) bond motifs is 1. The highest BCUT2D eigenvalue weighted by atomic mass is 16.2. The molecule has 0 aromatic heterocycles. The van der Waals surface area contributed by atoms with Crippen LogP contribution in [0.4, 0.5) is 5.69 Å². The highest BCUT2D eigenvalue weighted by molar-refractivity contribution is 6.27. The molecule has 3 aromatic rings. The molecule has 0 fully saturated rings. The molecule has 3 nitrogen and oxygen atoms in total. The monoisotopic (exact) mass is 327 g/mol. The molecule has 0 aliphatic carbocycles. The van der Waals surface area contributed by atoms with Gasteiger partial charge in [-0.2, -0.15) is 0 Å². The first kappa shape index (κ1) is 15.3. The Bertz CT molecular complexity index is 963. The van der Waals surface area contributed by atoms with Gasteiger partial charge < -0.3 is 0 Å². The van der Waals surface area contributed by atoms with E-state index in [1.165, 1.54) is 4.90 Å². The average Bonchev–Trinajstić information content (AvgIpc) is 2.67. The molecule has 0 saturated carbocycles. The molecule has 0 radical (unpaired) electrons. The summed E-state index contributed by atoms with van der Waals surface area (Å²) < 4.78 is 0. The molecule has 1 aliphatic heterocycles. The van der Waals surface area contributed by atoms with Crippen molar-refractivity contribution in [3.63, 3.8) is 0 Å². The van der Waals surface area contributed by atoms with Gasteiger partial charge in [0.2, 0.25) is 5.91 Å². The summed E-state index contributed by atoms with van der Waals surface area (Å²) in [6.07, 6.45) is 0. The summed E-state index contributed by atoms with van der Waals surface area (Å²) in [5.74, 6) is -0.799. The van der Waals surface area contributed by atoms with E-state index in [1.807, 2.05) is 79.7 Å². The predicted octanol–water partition coefficient (Wildman–Crippen LogP) is 4.64. The lowest BCUT2D eigenvalue weighted by Gasteiger charge is -2.32. The third-order valence-electron chi connectivity index (χ3n) is 4.68.